The number of carbonyl (C=O) groups excluding carboxylic acids is 1. The van der Waals surface area contributed by atoms with Crippen LogP contribution in [0.3, 0.4) is 0 Å². The predicted molar refractivity (Wildman–Crippen MR) is 70.7 cm³/mol. The van der Waals surface area contributed by atoms with Crippen molar-refractivity contribution < 1.29 is 14.5 Å². The topological polar surface area (TPSA) is 69.4 Å². The molecule has 0 amide bonds. The smallest absolute Gasteiger partial charge is 0.338 e. The molecule has 0 radical (unpaired) electrons. The predicted octanol–water partition coefficient (Wildman–Crippen LogP) is 3.86. The number of halogens is 2. The molecule has 0 aliphatic heterocycles. The maximum absolute atomic E-state index is 11.7. The average Bonchev–Trinajstić information content (AvgIpc) is 3.15. The zero-order valence-corrected chi connectivity index (χ0v) is 11.4. The summed E-state index contributed by atoms with van der Waals surface area (Å²) in [5, 5.41) is 10.6. The Kier molecular flexibility index (Phi) is 4.27. The number of nitrogens with zero attached hydrogens (tertiary/aromatic N) is 1. The van der Waals surface area contributed by atoms with Crippen LogP contribution >= 0.6 is 23.2 Å². The van der Waals surface area contributed by atoms with E-state index in [0.717, 1.165) is 12.5 Å². The Morgan fingerprint density at radius 2 is 2.11 bits per heavy atom. The maximum Gasteiger partial charge on any atom is 0.338 e. The normalized spacial score (nSPS) is 14.2. The number of nitro benzene ring substituents is 1. The number of hydrogen-bond donors (Lipinski definition) is 0. The molecule has 1 fully saturated rings. The number of hydrogen-bond acceptors (Lipinski definition) is 4. The Labute approximate surface area is 119 Å². The van der Waals surface area contributed by atoms with Gasteiger partial charge in [0.1, 0.15) is 5.02 Å². The Morgan fingerprint density at radius 3 is 2.68 bits per heavy atom. The van der Waals surface area contributed by atoms with Crippen molar-refractivity contribution in [3.63, 3.8) is 0 Å². The first-order valence-corrected chi connectivity index (χ1v) is 6.55. The lowest BCUT2D eigenvalue weighted by molar-refractivity contribution is -0.384. The average molecular weight is 304 g/mol. The van der Waals surface area contributed by atoms with E-state index >= 15 is 0 Å². The van der Waals surface area contributed by atoms with Gasteiger partial charge in [0.2, 0.25) is 0 Å². The van der Waals surface area contributed by atoms with Crippen LogP contribution in [0.2, 0.25) is 10.0 Å². The third-order valence-electron chi connectivity index (χ3n) is 2.90. The minimum atomic E-state index is -0.685. The zero-order valence-electron chi connectivity index (χ0n) is 9.90. The number of esters is 1. The van der Waals surface area contributed by atoms with Crippen molar-refractivity contribution in [1.82, 2.24) is 0 Å². The van der Waals surface area contributed by atoms with E-state index in [2.05, 4.69) is 0 Å². The van der Waals surface area contributed by atoms with E-state index in [-0.39, 0.29) is 15.6 Å². The van der Waals surface area contributed by atoms with Gasteiger partial charge in [-0.25, -0.2) is 4.79 Å². The summed E-state index contributed by atoms with van der Waals surface area (Å²) < 4.78 is 5.05. The summed E-state index contributed by atoms with van der Waals surface area (Å²) in [6.45, 7) is 0.317. The summed E-state index contributed by atoms with van der Waals surface area (Å²) in [5.41, 5.74) is -0.361. The first-order valence-electron chi connectivity index (χ1n) is 5.79. The molecule has 0 heterocycles. The van der Waals surface area contributed by atoms with Crippen LogP contribution in [0.25, 0.3) is 0 Å². The van der Waals surface area contributed by atoms with Crippen LogP contribution < -0.4 is 0 Å². The van der Waals surface area contributed by atoms with E-state index in [0.29, 0.717) is 12.5 Å². The van der Waals surface area contributed by atoms with Gasteiger partial charge in [0, 0.05) is 6.07 Å². The fourth-order valence-electron chi connectivity index (χ4n) is 1.63. The molecule has 5 nitrogen and oxygen atoms in total. The second-order valence-corrected chi connectivity index (χ2v) is 5.20. The molecule has 2 rings (SSSR count). The van der Waals surface area contributed by atoms with Gasteiger partial charge in [-0.1, -0.05) is 36.0 Å². The Morgan fingerprint density at radius 1 is 1.42 bits per heavy atom. The first-order chi connectivity index (χ1) is 8.99. The molecular weight excluding hydrogens is 293 g/mol. The highest BCUT2D eigenvalue weighted by Gasteiger charge is 2.23. The number of ether oxygens (including phenoxy) is 1. The summed E-state index contributed by atoms with van der Waals surface area (Å²) in [6.07, 6.45) is 3.18. The quantitative estimate of drug-likeness (QED) is 0.470. The molecule has 1 aromatic rings. The summed E-state index contributed by atoms with van der Waals surface area (Å²) in [4.78, 5) is 21.8. The summed E-state index contributed by atoms with van der Waals surface area (Å²) in [6, 6.07) is 2.35. The van der Waals surface area contributed by atoms with Crippen LogP contribution in [0, 0.1) is 16.0 Å². The maximum atomic E-state index is 11.7. The number of nitro groups is 1. The highest BCUT2D eigenvalue weighted by molar-refractivity contribution is 6.43. The van der Waals surface area contributed by atoms with Gasteiger partial charge in [0.15, 0.2) is 0 Å². The van der Waals surface area contributed by atoms with Crippen molar-refractivity contribution in [2.24, 2.45) is 5.92 Å². The lowest BCUT2D eigenvalue weighted by Gasteiger charge is -2.05. The second kappa shape index (κ2) is 5.75. The second-order valence-electron chi connectivity index (χ2n) is 4.42. The van der Waals surface area contributed by atoms with Crippen LogP contribution in [-0.2, 0) is 4.74 Å². The third-order valence-corrected chi connectivity index (χ3v) is 3.69. The molecule has 1 aromatic carbocycles. The molecule has 0 spiro atoms. The van der Waals surface area contributed by atoms with Crippen LogP contribution in [-0.4, -0.2) is 17.5 Å². The third kappa shape index (κ3) is 3.58. The zero-order chi connectivity index (χ0) is 14.0. The van der Waals surface area contributed by atoms with Gasteiger partial charge in [0.05, 0.1) is 22.1 Å². The molecule has 102 valence electrons. The minimum Gasteiger partial charge on any atom is -0.462 e. The van der Waals surface area contributed by atoms with Crippen LogP contribution in [0.5, 0.6) is 0 Å². The van der Waals surface area contributed by atoms with Crippen LogP contribution in [0.1, 0.15) is 29.6 Å². The fourth-order valence-corrected chi connectivity index (χ4v) is 2.03. The Hall–Kier alpha value is -1.33. The van der Waals surface area contributed by atoms with Crippen LogP contribution in [0.15, 0.2) is 12.1 Å². The molecule has 0 N–H and O–H groups in total. The van der Waals surface area contributed by atoms with Gasteiger partial charge in [-0.05, 0) is 18.4 Å². The molecule has 0 bridgehead atoms. The van der Waals surface area contributed by atoms with Crippen molar-refractivity contribution >= 4 is 34.9 Å². The number of carbonyl (C=O) groups is 1. The van der Waals surface area contributed by atoms with E-state index in [4.69, 9.17) is 27.9 Å². The Bertz CT molecular complexity index is 529. The molecule has 1 aliphatic rings. The molecular formula is C12H11Cl2NO4. The van der Waals surface area contributed by atoms with Gasteiger partial charge in [0.25, 0.3) is 5.69 Å². The van der Waals surface area contributed by atoms with Crippen molar-refractivity contribution in [3.8, 4) is 0 Å². The van der Waals surface area contributed by atoms with Gasteiger partial charge >= 0.3 is 5.97 Å². The molecule has 1 saturated carbocycles. The molecule has 0 aromatic heterocycles. The highest BCUT2D eigenvalue weighted by Crippen LogP contribution is 2.34. The molecule has 7 heteroatoms. The van der Waals surface area contributed by atoms with Crippen molar-refractivity contribution in [2.45, 2.75) is 19.3 Å². The largest absolute Gasteiger partial charge is 0.462 e. The molecule has 0 saturated heterocycles. The standard InChI is InChI=1S/C12H11Cl2NO4/c13-9-5-8(6-10(11(9)14)15(17)18)12(16)19-4-3-7-1-2-7/h5-7H,1-4H2. The molecule has 1 aliphatic carbocycles. The number of rotatable bonds is 5. The molecule has 19 heavy (non-hydrogen) atoms. The monoisotopic (exact) mass is 303 g/mol. The minimum absolute atomic E-state index is 0.0370. The summed E-state index contributed by atoms with van der Waals surface area (Å²) in [5.74, 6) is 0.0262. The molecule has 0 unspecified atom stereocenters. The van der Waals surface area contributed by atoms with E-state index in [9.17, 15) is 14.9 Å². The van der Waals surface area contributed by atoms with Crippen molar-refractivity contribution in [1.29, 1.82) is 0 Å². The van der Waals surface area contributed by atoms with E-state index in [1.54, 1.807) is 0 Å². The van der Waals surface area contributed by atoms with Gasteiger partial charge in [-0.3, -0.25) is 10.1 Å². The van der Waals surface area contributed by atoms with Gasteiger partial charge in [-0.15, -0.1) is 0 Å². The van der Waals surface area contributed by atoms with Crippen molar-refractivity contribution in [2.75, 3.05) is 6.61 Å². The van der Waals surface area contributed by atoms with E-state index in [1.807, 2.05) is 0 Å². The lowest BCUT2D eigenvalue weighted by Crippen LogP contribution is -2.07. The number of benzene rings is 1. The summed E-state index contributed by atoms with van der Waals surface area (Å²) in [7, 11) is 0. The van der Waals surface area contributed by atoms with Gasteiger partial charge in [-0.2, -0.15) is 0 Å². The Balaban J connectivity index is 2.09. The summed E-state index contributed by atoms with van der Waals surface area (Å²) >= 11 is 11.5. The van der Waals surface area contributed by atoms with E-state index < -0.39 is 16.6 Å². The molecule has 0 atom stereocenters. The van der Waals surface area contributed by atoms with Crippen LogP contribution in [0.4, 0.5) is 5.69 Å². The van der Waals surface area contributed by atoms with Crippen molar-refractivity contribution in [3.05, 3.63) is 37.9 Å². The lowest BCUT2D eigenvalue weighted by atomic mass is 10.2. The fraction of sp³-hybridized carbons (Fsp3) is 0.417. The highest BCUT2D eigenvalue weighted by atomic mass is 35.5. The van der Waals surface area contributed by atoms with E-state index in [1.165, 1.54) is 18.9 Å². The first kappa shape index (κ1) is 14.1. The van der Waals surface area contributed by atoms with Gasteiger partial charge < -0.3 is 4.74 Å². The SMILES string of the molecule is O=C(OCCC1CC1)c1cc(Cl)c(Cl)c([N+](=O)[O-])c1.